The summed E-state index contributed by atoms with van der Waals surface area (Å²) in [6.45, 7) is 3.78. The number of hydrogen-bond acceptors (Lipinski definition) is 9. The fourth-order valence-corrected chi connectivity index (χ4v) is 4.07. The van der Waals surface area contributed by atoms with Crippen LogP contribution in [0.3, 0.4) is 0 Å². The smallest absolute Gasteiger partial charge is 0.326 e. The molecule has 10 N–H and O–H groups in total. The van der Waals surface area contributed by atoms with Crippen molar-refractivity contribution in [1.29, 1.82) is 0 Å². The van der Waals surface area contributed by atoms with Crippen molar-refractivity contribution in [2.24, 2.45) is 23.1 Å². The van der Waals surface area contributed by atoms with E-state index in [9.17, 15) is 38.7 Å². The third-order valence-corrected chi connectivity index (χ3v) is 6.15. The second-order valence-electron chi connectivity index (χ2n) is 9.47. The highest BCUT2D eigenvalue weighted by atomic mass is 32.1. The fourth-order valence-electron chi connectivity index (χ4n) is 3.91. The molecule has 0 aliphatic carbocycles. The number of carboxylic acid groups (broad SMARTS) is 1. The number of nitrogens with one attached hydrogen (secondary N) is 3. The lowest BCUT2D eigenvalue weighted by Crippen LogP contribution is -2.59. The Morgan fingerprint density at radius 1 is 0.895 bits per heavy atom. The fraction of sp³-hybridized carbons (Fsp3) is 0.682. The van der Waals surface area contributed by atoms with Gasteiger partial charge in [0.15, 0.2) is 0 Å². The van der Waals surface area contributed by atoms with Crippen molar-refractivity contribution in [3.05, 3.63) is 0 Å². The predicted molar refractivity (Wildman–Crippen MR) is 137 cm³/mol. The Balaban J connectivity index is 3.13. The Morgan fingerprint density at radius 3 is 1.79 bits per heavy atom. The van der Waals surface area contributed by atoms with Crippen LogP contribution in [0.1, 0.15) is 46.0 Å². The first-order valence-electron chi connectivity index (χ1n) is 12.0. The van der Waals surface area contributed by atoms with Crippen LogP contribution in [0.15, 0.2) is 0 Å². The van der Waals surface area contributed by atoms with E-state index in [-0.39, 0.29) is 31.1 Å². The number of carbonyl (C=O) groups excluding carboxylic acids is 6. The minimum absolute atomic E-state index is 0.0610. The van der Waals surface area contributed by atoms with Crippen LogP contribution in [0.4, 0.5) is 0 Å². The second kappa shape index (κ2) is 15.1. The lowest BCUT2D eigenvalue weighted by molar-refractivity contribution is -0.149. The molecule has 1 rings (SSSR count). The van der Waals surface area contributed by atoms with Crippen molar-refractivity contribution < 1.29 is 38.7 Å². The highest BCUT2D eigenvalue weighted by Gasteiger charge is 2.39. The lowest BCUT2D eigenvalue weighted by Gasteiger charge is -2.29. The van der Waals surface area contributed by atoms with Crippen molar-refractivity contribution in [2.75, 3.05) is 12.3 Å². The molecule has 38 heavy (non-hydrogen) atoms. The van der Waals surface area contributed by atoms with E-state index in [2.05, 4.69) is 28.6 Å². The van der Waals surface area contributed by atoms with Crippen LogP contribution in [0.2, 0.25) is 0 Å². The molecule has 1 aliphatic heterocycles. The van der Waals surface area contributed by atoms with Gasteiger partial charge in [0, 0.05) is 12.3 Å². The summed E-state index contributed by atoms with van der Waals surface area (Å²) >= 11 is 3.89. The van der Waals surface area contributed by atoms with E-state index in [1.165, 1.54) is 4.90 Å². The van der Waals surface area contributed by atoms with Crippen molar-refractivity contribution in [3.8, 4) is 0 Å². The van der Waals surface area contributed by atoms with Gasteiger partial charge < -0.3 is 43.2 Å². The highest BCUT2D eigenvalue weighted by molar-refractivity contribution is 7.80. The zero-order valence-electron chi connectivity index (χ0n) is 21.3. The molecule has 6 amide bonds. The van der Waals surface area contributed by atoms with Gasteiger partial charge in [-0.05, 0) is 25.2 Å². The molecule has 1 aliphatic rings. The number of hydrogen-bond donors (Lipinski definition) is 8. The average molecular weight is 560 g/mol. The molecule has 1 heterocycles. The van der Waals surface area contributed by atoms with E-state index >= 15 is 0 Å². The Bertz CT molecular complexity index is 931. The number of primary amides is 2. The number of carbonyl (C=O) groups is 7. The van der Waals surface area contributed by atoms with Crippen molar-refractivity contribution in [2.45, 2.75) is 76.2 Å². The van der Waals surface area contributed by atoms with E-state index in [4.69, 9.17) is 17.2 Å². The van der Waals surface area contributed by atoms with Crippen LogP contribution in [-0.4, -0.2) is 93.9 Å². The standard InChI is InChI=1S/C22H37N7O8S/c1-10(2)6-14(21(35)29-5-3-4-15(29)22(36)37)28-20(34)13(8-17(25)31)27-19(33)12(7-16(24)30)26-18(32)11(23)9-38/h10-15,38H,3-9,23H2,1-2H3,(H2,24,30)(H2,25,31)(H,26,32)(H,27,33)(H,28,34)(H,36,37)/t11-,12-,13-,14-,15-/m0/s1. The van der Waals surface area contributed by atoms with Gasteiger partial charge in [-0.25, -0.2) is 4.79 Å². The van der Waals surface area contributed by atoms with Crippen molar-refractivity contribution in [3.63, 3.8) is 0 Å². The summed E-state index contributed by atoms with van der Waals surface area (Å²) in [5.41, 5.74) is 16.0. The Morgan fingerprint density at radius 2 is 1.37 bits per heavy atom. The lowest BCUT2D eigenvalue weighted by atomic mass is 10.0. The second-order valence-corrected chi connectivity index (χ2v) is 9.84. The van der Waals surface area contributed by atoms with Gasteiger partial charge in [-0.2, -0.15) is 12.6 Å². The van der Waals surface area contributed by atoms with Gasteiger partial charge in [0.2, 0.25) is 35.4 Å². The maximum Gasteiger partial charge on any atom is 0.326 e. The molecule has 1 saturated heterocycles. The third kappa shape index (κ3) is 10.2. The predicted octanol–water partition coefficient (Wildman–Crippen LogP) is -3.43. The number of aliphatic carboxylic acids is 1. The monoisotopic (exact) mass is 559 g/mol. The van der Waals surface area contributed by atoms with Crippen molar-refractivity contribution >= 4 is 54.0 Å². The molecular formula is C22H37N7O8S. The Kier molecular flexibility index (Phi) is 13.0. The van der Waals surface area contributed by atoms with Gasteiger partial charge in [0.1, 0.15) is 24.2 Å². The number of nitrogens with two attached hydrogens (primary N) is 3. The summed E-state index contributed by atoms with van der Waals surface area (Å²) in [6, 6.07) is -6.39. The molecule has 0 radical (unpaired) electrons. The van der Waals surface area contributed by atoms with Crippen LogP contribution in [-0.2, 0) is 33.6 Å². The summed E-state index contributed by atoms with van der Waals surface area (Å²) < 4.78 is 0. The SMILES string of the molecule is CC(C)C[C@H](NC(=O)[C@H](CC(N)=O)NC(=O)[C@H](CC(N)=O)NC(=O)[C@@H](N)CS)C(=O)N1CCC[C@H]1C(=O)O. The molecule has 214 valence electrons. The van der Waals surface area contributed by atoms with Crippen LogP contribution < -0.4 is 33.2 Å². The van der Waals surface area contributed by atoms with Gasteiger partial charge in [-0.3, -0.25) is 28.8 Å². The minimum Gasteiger partial charge on any atom is -0.480 e. The van der Waals surface area contributed by atoms with Gasteiger partial charge in [0.05, 0.1) is 18.9 Å². The summed E-state index contributed by atoms with van der Waals surface area (Å²) in [5, 5.41) is 16.4. The van der Waals surface area contributed by atoms with Gasteiger partial charge in [-0.15, -0.1) is 0 Å². The van der Waals surface area contributed by atoms with Crippen LogP contribution in [0, 0.1) is 5.92 Å². The Hall–Kier alpha value is -3.40. The van der Waals surface area contributed by atoms with Gasteiger partial charge >= 0.3 is 5.97 Å². The number of thiol groups is 1. The summed E-state index contributed by atoms with van der Waals surface area (Å²) in [6.07, 6.45) is -0.410. The first-order chi connectivity index (χ1) is 17.7. The molecule has 0 aromatic heterocycles. The summed E-state index contributed by atoms with van der Waals surface area (Å²) in [5.74, 6) is -6.61. The molecule has 0 unspecified atom stereocenters. The molecule has 16 heteroatoms. The van der Waals surface area contributed by atoms with E-state index in [1.54, 1.807) is 13.8 Å². The third-order valence-electron chi connectivity index (χ3n) is 5.75. The van der Waals surface area contributed by atoms with E-state index in [1.807, 2.05) is 0 Å². The van der Waals surface area contributed by atoms with Gasteiger partial charge in [0.25, 0.3) is 0 Å². The minimum atomic E-state index is -1.58. The van der Waals surface area contributed by atoms with E-state index < -0.39 is 84.5 Å². The molecule has 15 nitrogen and oxygen atoms in total. The molecule has 5 atom stereocenters. The van der Waals surface area contributed by atoms with E-state index in [0.717, 1.165) is 0 Å². The maximum absolute atomic E-state index is 13.2. The first-order valence-corrected chi connectivity index (χ1v) is 12.7. The first kappa shape index (κ1) is 32.6. The average Bonchev–Trinajstić information content (AvgIpc) is 3.31. The van der Waals surface area contributed by atoms with Crippen LogP contribution >= 0.6 is 12.6 Å². The number of carboxylic acids is 1. The topological polar surface area (TPSA) is 257 Å². The van der Waals surface area contributed by atoms with Gasteiger partial charge in [-0.1, -0.05) is 13.8 Å². The molecule has 0 spiro atoms. The number of likely N-dealkylation sites (tertiary alicyclic amines) is 1. The molecule has 1 fully saturated rings. The molecular weight excluding hydrogens is 522 g/mol. The normalized spacial score (nSPS) is 18.1. The maximum atomic E-state index is 13.2. The highest BCUT2D eigenvalue weighted by Crippen LogP contribution is 2.20. The van der Waals surface area contributed by atoms with Crippen LogP contribution in [0.25, 0.3) is 0 Å². The zero-order valence-corrected chi connectivity index (χ0v) is 22.2. The van der Waals surface area contributed by atoms with Crippen LogP contribution in [0.5, 0.6) is 0 Å². The Labute approximate surface area is 225 Å². The number of amides is 6. The summed E-state index contributed by atoms with van der Waals surface area (Å²) in [7, 11) is 0. The number of rotatable bonds is 15. The quantitative estimate of drug-likeness (QED) is 0.0927. The van der Waals surface area contributed by atoms with Crippen molar-refractivity contribution in [1.82, 2.24) is 20.9 Å². The van der Waals surface area contributed by atoms with E-state index in [0.29, 0.717) is 6.42 Å². The molecule has 0 aromatic carbocycles. The molecule has 0 bridgehead atoms. The molecule has 0 aromatic rings. The summed E-state index contributed by atoms with van der Waals surface area (Å²) in [4.78, 5) is 87.2. The molecule has 0 saturated carbocycles. The number of nitrogens with zero attached hydrogens (tertiary/aromatic N) is 1. The zero-order chi connectivity index (χ0) is 29.2. The largest absolute Gasteiger partial charge is 0.480 e.